The molecule has 1 unspecified atom stereocenters. The molecule has 0 saturated carbocycles. The number of rotatable bonds is 6. The largest absolute Gasteiger partial charge is 0.507 e. The molecule has 1 fully saturated rings. The normalized spacial score (nSPS) is 16.8. The van der Waals surface area contributed by atoms with Crippen molar-refractivity contribution in [2.24, 2.45) is 0 Å². The van der Waals surface area contributed by atoms with Gasteiger partial charge in [0.15, 0.2) is 0 Å². The van der Waals surface area contributed by atoms with Gasteiger partial charge in [-0.1, -0.05) is 47.5 Å². The van der Waals surface area contributed by atoms with E-state index in [4.69, 9.17) is 21.1 Å². The molecule has 0 spiro atoms. The third-order valence-corrected chi connectivity index (χ3v) is 6.16. The van der Waals surface area contributed by atoms with Gasteiger partial charge in [0.05, 0.1) is 35.9 Å². The van der Waals surface area contributed by atoms with Gasteiger partial charge >= 0.3 is 5.97 Å². The van der Waals surface area contributed by atoms with E-state index in [2.05, 4.69) is 0 Å². The van der Waals surface area contributed by atoms with Gasteiger partial charge in [0.1, 0.15) is 11.5 Å². The highest BCUT2D eigenvalue weighted by Crippen LogP contribution is 2.43. The number of carbonyl (C=O) groups excluding carboxylic acids is 3. The van der Waals surface area contributed by atoms with Crippen molar-refractivity contribution < 1.29 is 29.0 Å². The Morgan fingerprint density at radius 2 is 1.78 bits per heavy atom. The quantitative estimate of drug-likeness (QED) is 0.207. The lowest BCUT2D eigenvalue weighted by Crippen LogP contribution is -2.29. The summed E-state index contributed by atoms with van der Waals surface area (Å²) < 4.78 is 10.3. The van der Waals surface area contributed by atoms with Crippen molar-refractivity contribution in [3.05, 3.63) is 99.6 Å². The molecule has 3 aromatic rings. The zero-order valence-corrected chi connectivity index (χ0v) is 20.7. The monoisotopic (exact) mass is 505 g/mol. The summed E-state index contributed by atoms with van der Waals surface area (Å²) in [7, 11) is 1.47. The average Bonchev–Trinajstić information content (AvgIpc) is 3.14. The molecule has 36 heavy (non-hydrogen) atoms. The second-order valence-corrected chi connectivity index (χ2v) is 8.61. The van der Waals surface area contributed by atoms with Crippen LogP contribution >= 0.6 is 11.6 Å². The van der Waals surface area contributed by atoms with Crippen molar-refractivity contribution in [1.82, 2.24) is 0 Å². The number of methoxy groups -OCH3 is 1. The number of aryl methyl sites for hydroxylation is 1. The number of aliphatic hydroxyl groups excluding tert-OH is 1. The van der Waals surface area contributed by atoms with Crippen LogP contribution in [0, 0.1) is 6.92 Å². The van der Waals surface area contributed by atoms with Crippen molar-refractivity contribution in [3.8, 4) is 5.75 Å². The minimum absolute atomic E-state index is 0.0895. The number of benzene rings is 3. The molecule has 0 bridgehead atoms. The second-order valence-electron chi connectivity index (χ2n) is 8.20. The van der Waals surface area contributed by atoms with Crippen LogP contribution < -0.4 is 9.64 Å². The molecule has 1 atom stereocenters. The maximum atomic E-state index is 13.4. The highest BCUT2D eigenvalue weighted by atomic mass is 35.5. The summed E-state index contributed by atoms with van der Waals surface area (Å²) in [4.78, 5) is 40.3. The van der Waals surface area contributed by atoms with E-state index in [0.29, 0.717) is 17.0 Å². The molecule has 1 amide bonds. The Morgan fingerprint density at radius 3 is 2.44 bits per heavy atom. The molecule has 1 N–H and O–H groups in total. The molecule has 1 aliphatic rings. The van der Waals surface area contributed by atoms with Crippen LogP contribution in [0.25, 0.3) is 5.76 Å². The van der Waals surface area contributed by atoms with E-state index in [1.165, 1.54) is 24.1 Å². The van der Waals surface area contributed by atoms with E-state index in [1.807, 2.05) is 25.1 Å². The maximum Gasteiger partial charge on any atom is 0.338 e. The number of ketones is 1. The SMILES string of the molecule is CCOC(=O)c1cccc(N2C(=O)C(=O)/C(=C(/O)c3ccc(OC)c(Cl)c3)C2c2cccc(C)c2)c1. The van der Waals surface area contributed by atoms with Gasteiger partial charge < -0.3 is 14.6 Å². The summed E-state index contributed by atoms with van der Waals surface area (Å²) >= 11 is 6.25. The summed E-state index contributed by atoms with van der Waals surface area (Å²) in [5, 5.41) is 11.5. The predicted molar refractivity (Wildman–Crippen MR) is 136 cm³/mol. The lowest BCUT2D eigenvalue weighted by atomic mass is 9.94. The summed E-state index contributed by atoms with van der Waals surface area (Å²) in [6.45, 7) is 3.78. The Labute approximate surface area is 213 Å². The molecule has 0 aliphatic carbocycles. The molecule has 1 aliphatic heterocycles. The fourth-order valence-electron chi connectivity index (χ4n) is 4.22. The van der Waals surface area contributed by atoms with Crippen LogP contribution in [0.3, 0.4) is 0 Å². The molecule has 0 radical (unpaired) electrons. The fraction of sp³-hybridized carbons (Fsp3) is 0.179. The zero-order valence-electron chi connectivity index (χ0n) is 19.9. The number of ether oxygens (including phenoxy) is 2. The number of esters is 1. The molecule has 3 aromatic carbocycles. The number of anilines is 1. The van der Waals surface area contributed by atoms with Crippen LogP contribution in [0.5, 0.6) is 5.75 Å². The Morgan fingerprint density at radius 1 is 1.03 bits per heavy atom. The zero-order chi connectivity index (χ0) is 26.0. The van der Waals surface area contributed by atoms with Gasteiger partial charge in [-0.05, 0) is 55.8 Å². The van der Waals surface area contributed by atoms with Crippen LogP contribution in [0.2, 0.25) is 5.02 Å². The Balaban J connectivity index is 1.92. The third-order valence-electron chi connectivity index (χ3n) is 5.86. The number of Topliss-reactive ketones (excluding diaryl/α,β-unsaturated/α-hetero) is 1. The standard InChI is InChI=1S/C28H24ClNO6/c1-4-36-28(34)19-9-6-10-20(14-19)30-24(17-8-5-7-16(2)13-17)23(26(32)27(30)33)25(31)18-11-12-22(35-3)21(29)15-18/h5-15,24,31H,4H2,1-3H3/b25-23+. The molecule has 0 aromatic heterocycles. The van der Waals surface area contributed by atoms with Gasteiger partial charge in [0.25, 0.3) is 11.7 Å². The topological polar surface area (TPSA) is 93.1 Å². The molecular weight excluding hydrogens is 482 g/mol. The summed E-state index contributed by atoms with van der Waals surface area (Å²) in [5.41, 5.74) is 2.26. The van der Waals surface area contributed by atoms with Crippen LogP contribution in [0.4, 0.5) is 5.69 Å². The molecular formula is C28H24ClNO6. The molecule has 184 valence electrons. The maximum absolute atomic E-state index is 13.4. The highest BCUT2D eigenvalue weighted by Gasteiger charge is 2.47. The van der Waals surface area contributed by atoms with Gasteiger partial charge in [-0.15, -0.1) is 0 Å². The lowest BCUT2D eigenvalue weighted by Gasteiger charge is -2.26. The van der Waals surface area contributed by atoms with Crippen molar-refractivity contribution >= 4 is 40.7 Å². The van der Waals surface area contributed by atoms with E-state index < -0.39 is 23.7 Å². The number of hydrogen-bond donors (Lipinski definition) is 1. The Bertz CT molecular complexity index is 1400. The summed E-state index contributed by atoms with van der Waals surface area (Å²) in [6, 6.07) is 17.3. The smallest absolute Gasteiger partial charge is 0.338 e. The number of carbonyl (C=O) groups is 3. The first-order valence-electron chi connectivity index (χ1n) is 11.3. The number of nitrogens with zero attached hydrogens (tertiary/aromatic N) is 1. The van der Waals surface area contributed by atoms with E-state index in [9.17, 15) is 19.5 Å². The van der Waals surface area contributed by atoms with Gasteiger partial charge in [-0.3, -0.25) is 14.5 Å². The Kier molecular flexibility index (Phi) is 7.12. The Hall–Kier alpha value is -4.10. The van der Waals surface area contributed by atoms with Crippen molar-refractivity contribution in [1.29, 1.82) is 0 Å². The van der Waals surface area contributed by atoms with E-state index in [1.54, 1.807) is 43.3 Å². The molecule has 7 nitrogen and oxygen atoms in total. The van der Waals surface area contributed by atoms with E-state index in [-0.39, 0.29) is 34.1 Å². The number of aliphatic hydroxyl groups is 1. The first kappa shape index (κ1) is 25.0. The number of hydrogen-bond acceptors (Lipinski definition) is 6. The molecule has 8 heteroatoms. The third kappa shape index (κ3) is 4.57. The second kappa shape index (κ2) is 10.3. The first-order chi connectivity index (χ1) is 17.3. The molecule has 1 saturated heterocycles. The predicted octanol–water partition coefficient (Wildman–Crippen LogP) is 5.46. The molecule has 4 rings (SSSR count). The van der Waals surface area contributed by atoms with Crippen LogP contribution in [0.15, 0.2) is 72.3 Å². The van der Waals surface area contributed by atoms with Crippen LogP contribution in [-0.4, -0.2) is 36.5 Å². The number of amides is 1. The van der Waals surface area contributed by atoms with Gasteiger partial charge in [-0.25, -0.2) is 4.79 Å². The fourth-order valence-corrected chi connectivity index (χ4v) is 4.48. The van der Waals surface area contributed by atoms with Crippen molar-refractivity contribution in [2.45, 2.75) is 19.9 Å². The van der Waals surface area contributed by atoms with E-state index in [0.717, 1.165) is 5.56 Å². The van der Waals surface area contributed by atoms with Gasteiger partial charge in [-0.2, -0.15) is 0 Å². The van der Waals surface area contributed by atoms with Crippen LogP contribution in [-0.2, 0) is 14.3 Å². The minimum Gasteiger partial charge on any atom is -0.507 e. The van der Waals surface area contributed by atoms with Crippen LogP contribution in [0.1, 0.15) is 40.0 Å². The highest BCUT2D eigenvalue weighted by molar-refractivity contribution is 6.51. The lowest BCUT2D eigenvalue weighted by molar-refractivity contribution is -0.132. The van der Waals surface area contributed by atoms with Gasteiger partial charge in [0.2, 0.25) is 0 Å². The summed E-state index contributed by atoms with van der Waals surface area (Å²) in [5.74, 6) is -2.19. The van der Waals surface area contributed by atoms with Gasteiger partial charge in [0, 0.05) is 11.3 Å². The minimum atomic E-state index is -0.941. The summed E-state index contributed by atoms with van der Waals surface area (Å²) in [6.07, 6.45) is 0. The molecule has 1 heterocycles. The number of halogens is 1. The van der Waals surface area contributed by atoms with E-state index >= 15 is 0 Å². The van der Waals surface area contributed by atoms with Crippen molar-refractivity contribution in [2.75, 3.05) is 18.6 Å². The average molecular weight is 506 g/mol. The first-order valence-corrected chi connectivity index (χ1v) is 11.6. The van der Waals surface area contributed by atoms with Crippen molar-refractivity contribution in [3.63, 3.8) is 0 Å².